The van der Waals surface area contributed by atoms with Crippen molar-refractivity contribution in [3.8, 4) is 5.75 Å². The fraction of sp³-hybridized carbons (Fsp3) is 0.167. The van der Waals surface area contributed by atoms with E-state index in [4.69, 9.17) is 4.74 Å². The highest BCUT2D eigenvalue weighted by Crippen LogP contribution is 2.15. The minimum absolute atomic E-state index is 0.120. The summed E-state index contributed by atoms with van der Waals surface area (Å²) in [5, 5.41) is 4.84. The number of thiazole rings is 1. The van der Waals surface area contributed by atoms with E-state index in [-0.39, 0.29) is 5.91 Å². The van der Waals surface area contributed by atoms with Crippen LogP contribution in [0, 0.1) is 0 Å². The Labute approximate surface area is 144 Å². The number of amides is 1. The quantitative estimate of drug-likeness (QED) is 0.718. The lowest BCUT2D eigenvalue weighted by Crippen LogP contribution is -2.25. The zero-order valence-electron chi connectivity index (χ0n) is 13.0. The first kappa shape index (κ1) is 16.1. The Hall–Kier alpha value is -2.73. The van der Waals surface area contributed by atoms with Gasteiger partial charge in [0.25, 0.3) is 5.91 Å². The number of carbonyl (C=O) groups is 1. The van der Waals surface area contributed by atoms with Gasteiger partial charge < -0.3 is 10.1 Å². The Morgan fingerprint density at radius 1 is 1.12 bits per heavy atom. The van der Waals surface area contributed by atoms with Crippen LogP contribution in [0.15, 0.2) is 59.6 Å². The van der Waals surface area contributed by atoms with Gasteiger partial charge >= 0.3 is 0 Å². The summed E-state index contributed by atoms with van der Waals surface area (Å²) in [4.78, 5) is 20.6. The van der Waals surface area contributed by atoms with E-state index in [0.717, 1.165) is 11.4 Å². The molecule has 0 aliphatic carbocycles. The van der Waals surface area contributed by atoms with Crippen LogP contribution in [0.2, 0.25) is 0 Å². The summed E-state index contributed by atoms with van der Waals surface area (Å²) in [6, 6.07) is 12.9. The van der Waals surface area contributed by atoms with Crippen molar-refractivity contribution in [1.29, 1.82) is 0 Å². The third-order valence-electron chi connectivity index (χ3n) is 3.36. The average molecular weight is 339 g/mol. The SMILES string of the molecule is O=C(NCCc1ccccn1)c1cccc(OCc2cscn2)c1. The number of benzene rings is 1. The molecule has 0 unspecified atom stereocenters. The van der Waals surface area contributed by atoms with E-state index in [2.05, 4.69) is 15.3 Å². The lowest BCUT2D eigenvalue weighted by Gasteiger charge is -2.08. The van der Waals surface area contributed by atoms with Gasteiger partial charge in [0.1, 0.15) is 12.4 Å². The zero-order valence-corrected chi connectivity index (χ0v) is 13.8. The molecular formula is C18H17N3O2S. The molecule has 0 saturated carbocycles. The smallest absolute Gasteiger partial charge is 0.251 e. The Morgan fingerprint density at radius 3 is 2.88 bits per heavy atom. The van der Waals surface area contributed by atoms with Crippen LogP contribution < -0.4 is 10.1 Å². The van der Waals surface area contributed by atoms with Crippen molar-refractivity contribution in [2.45, 2.75) is 13.0 Å². The van der Waals surface area contributed by atoms with Crippen molar-refractivity contribution in [3.05, 3.63) is 76.5 Å². The van der Waals surface area contributed by atoms with Gasteiger partial charge in [0.2, 0.25) is 0 Å². The second kappa shape index (κ2) is 8.21. The summed E-state index contributed by atoms with van der Waals surface area (Å²) >= 11 is 1.53. The number of carbonyl (C=O) groups excluding carboxylic acids is 1. The van der Waals surface area contributed by atoms with Crippen LogP contribution in [0.4, 0.5) is 0 Å². The van der Waals surface area contributed by atoms with Crippen LogP contribution >= 0.6 is 11.3 Å². The van der Waals surface area contributed by atoms with Gasteiger partial charge in [-0.05, 0) is 30.3 Å². The van der Waals surface area contributed by atoms with Gasteiger partial charge in [-0.1, -0.05) is 12.1 Å². The molecule has 0 radical (unpaired) electrons. The van der Waals surface area contributed by atoms with Crippen molar-refractivity contribution < 1.29 is 9.53 Å². The predicted molar refractivity (Wildman–Crippen MR) is 93.2 cm³/mol. The summed E-state index contributed by atoms with van der Waals surface area (Å²) in [6.45, 7) is 0.938. The van der Waals surface area contributed by atoms with E-state index < -0.39 is 0 Å². The summed E-state index contributed by atoms with van der Waals surface area (Å²) in [5.74, 6) is 0.533. The number of pyridine rings is 1. The maximum Gasteiger partial charge on any atom is 0.251 e. The third-order valence-corrected chi connectivity index (χ3v) is 3.99. The molecular weight excluding hydrogens is 322 g/mol. The van der Waals surface area contributed by atoms with Crippen LogP contribution in [0.25, 0.3) is 0 Å². The fourth-order valence-corrected chi connectivity index (χ4v) is 2.69. The van der Waals surface area contributed by atoms with Gasteiger partial charge in [-0.2, -0.15) is 0 Å². The molecule has 5 nitrogen and oxygen atoms in total. The Morgan fingerprint density at radius 2 is 2.08 bits per heavy atom. The van der Waals surface area contributed by atoms with Crippen LogP contribution in [-0.4, -0.2) is 22.4 Å². The van der Waals surface area contributed by atoms with Gasteiger partial charge in [-0.25, -0.2) is 4.98 Å². The molecule has 0 aliphatic heterocycles. The number of hydrogen-bond donors (Lipinski definition) is 1. The lowest BCUT2D eigenvalue weighted by molar-refractivity contribution is 0.0953. The molecule has 2 heterocycles. The van der Waals surface area contributed by atoms with Gasteiger partial charge in [-0.15, -0.1) is 11.3 Å². The number of rotatable bonds is 7. The van der Waals surface area contributed by atoms with Gasteiger partial charge in [-0.3, -0.25) is 9.78 Å². The largest absolute Gasteiger partial charge is 0.487 e. The van der Waals surface area contributed by atoms with Crippen molar-refractivity contribution in [2.24, 2.45) is 0 Å². The Bertz CT molecular complexity index is 776. The maximum atomic E-state index is 12.2. The van der Waals surface area contributed by atoms with E-state index >= 15 is 0 Å². The van der Waals surface area contributed by atoms with Gasteiger partial charge in [0.15, 0.2) is 0 Å². The first-order chi connectivity index (χ1) is 11.8. The molecule has 0 bridgehead atoms. The lowest BCUT2D eigenvalue weighted by atomic mass is 10.2. The summed E-state index contributed by atoms with van der Waals surface area (Å²) in [7, 11) is 0. The first-order valence-corrected chi connectivity index (χ1v) is 8.53. The molecule has 24 heavy (non-hydrogen) atoms. The standard InChI is InChI=1S/C18H17N3O2S/c22-18(20-9-7-15-5-1-2-8-19-15)14-4-3-6-17(10-14)23-11-16-12-24-13-21-16/h1-6,8,10,12-13H,7,9,11H2,(H,20,22). The number of nitrogens with one attached hydrogen (secondary N) is 1. The molecule has 2 aromatic heterocycles. The molecule has 122 valence electrons. The van der Waals surface area contributed by atoms with Crippen molar-refractivity contribution in [1.82, 2.24) is 15.3 Å². The zero-order chi connectivity index (χ0) is 16.6. The van der Waals surface area contributed by atoms with E-state index in [9.17, 15) is 4.79 Å². The van der Waals surface area contributed by atoms with Gasteiger partial charge in [0, 0.05) is 35.8 Å². The molecule has 3 rings (SSSR count). The highest BCUT2D eigenvalue weighted by atomic mass is 32.1. The number of hydrogen-bond acceptors (Lipinski definition) is 5. The van der Waals surface area contributed by atoms with E-state index in [0.29, 0.717) is 30.9 Å². The Balaban J connectivity index is 1.52. The maximum absolute atomic E-state index is 12.2. The highest BCUT2D eigenvalue weighted by molar-refractivity contribution is 7.07. The molecule has 0 saturated heterocycles. The normalized spacial score (nSPS) is 10.3. The fourth-order valence-electron chi connectivity index (χ4n) is 2.15. The Kier molecular flexibility index (Phi) is 5.52. The first-order valence-electron chi connectivity index (χ1n) is 7.59. The van der Waals surface area contributed by atoms with Crippen molar-refractivity contribution in [2.75, 3.05) is 6.54 Å². The molecule has 1 amide bonds. The number of ether oxygens (including phenoxy) is 1. The van der Waals surface area contributed by atoms with E-state index in [1.54, 1.807) is 23.8 Å². The highest BCUT2D eigenvalue weighted by Gasteiger charge is 2.07. The second-order valence-corrected chi connectivity index (χ2v) is 5.84. The third kappa shape index (κ3) is 4.63. The topological polar surface area (TPSA) is 64.1 Å². The second-order valence-electron chi connectivity index (χ2n) is 5.12. The number of nitrogens with zero attached hydrogens (tertiary/aromatic N) is 2. The van der Waals surface area contributed by atoms with Gasteiger partial charge in [0.05, 0.1) is 11.2 Å². The molecule has 0 atom stereocenters. The minimum atomic E-state index is -0.120. The van der Waals surface area contributed by atoms with E-state index in [1.807, 2.05) is 35.7 Å². The monoisotopic (exact) mass is 339 g/mol. The molecule has 1 aromatic carbocycles. The van der Waals surface area contributed by atoms with Crippen LogP contribution in [0.1, 0.15) is 21.7 Å². The van der Waals surface area contributed by atoms with Crippen LogP contribution in [0.3, 0.4) is 0 Å². The molecule has 0 spiro atoms. The summed E-state index contributed by atoms with van der Waals surface area (Å²) in [6.07, 6.45) is 2.45. The van der Waals surface area contributed by atoms with E-state index in [1.165, 1.54) is 11.3 Å². The molecule has 0 fully saturated rings. The molecule has 0 aliphatic rings. The average Bonchev–Trinajstić information content (AvgIpc) is 3.15. The van der Waals surface area contributed by atoms with Crippen LogP contribution in [0.5, 0.6) is 5.75 Å². The van der Waals surface area contributed by atoms with Crippen LogP contribution in [-0.2, 0) is 13.0 Å². The van der Waals surface area contributed by atoms with Crippen molar-refractivity contribution in [3.63, 3.8) is 0 Å². The molecule has 3 aromatic rings. The summed E-state index contributed by atoms with van der Waals surface area (Å²) < 4.78 is 5.67. The minimum Gasteiger partial charge on any atom is -0.487 e. The number of aromatic nitrogens is 2. The molecule has 6 heteroatoms. The predicted octanol–water partition coefficient (Wildman–Crippen LogP) is 3.09. The summed E-state index contributed by atoms with van der Waals surface area (Å²) in [5.41, 5.74) is 4.18. The van der Waals surface area contributed by atoms with Crippen molar-refractivity contribution >= 4 is 17.2 Å². The molecule has 1 N–H and O–H groups in total.